The van der Waals surface area contributed by atoms with Crippen LogP contribution in [0.25, 0.3) is 0 Å². The van der Waals surface area contributed by atoms with Crippen molar-refractivity contribution in [2.45, 2.75) is 13.2 Å². The lowest BCUT2D eigenvalue weighted by Gasteiger charge is -2.12. The third-order valence-corrected chi connectivity index (χ3v) is 5.57. The van der Waals surface area contributed by atoms with Gasteiger partial charge >= 0.3 is 0 Å². The van der Waals surface area contributed by atoms with Crippen LogP contribution in [0.4, 0.5) is 4.39 Å². The number of ether oxygens (including phenoxy) is 4. The smallest absolute Gasteiger partial charge is 0.271 e. The van der Waals surface area contributed by atoms with Gasteiger partial charge in [0.05, 0.1) is 20.4 Å². The molecule has 0 unspecified atom stereocenters. The van der Waals surface area contributed by atoms with Gasteiger partial charge in [0, 0.05) is 11.1 Å². The molecule has 0 saturated heterocycles. The van der Waals surface area contributed by atoms with E-state index in [2.05, 4.69) is 10.5 Å². The fraction of sp³-hybridized carbons (Fsp3) is 0.133. The lowest BCUT2D eigenvalue weighted by molar-refractivity contribution is 0.0954. The Kier molecular flexibility index (Phi) is 8.91. The van der Waals surface area contributed by atoms with E-state index in [1.807, 2.05) is 30.3 Å². The van der Waals surface area contributed by atoms with Gasteiger partial charge in [-0.25, -0.2) is 9.82 Å². The van der Waals surface area contributed by atoms with Crippen molar-refractivity contribution in [3.05, 3.63) is 119 Å². The Morgan fingerprint density at radius 1 is 0.789 bits per heavy atom. The summed E-state index contributed by atoms with van der Waals surface area (Å²) < 4.78 is 36.2. The molecule has 4 aromatic carbocycles. The van der Waals surface area contributed by atoms with Gasteiger partial charge in [-0.2, -0.15) is 5.10 Å². The van der Waals surface area contributed by atoms with Crippen molar-refractivity contribution in [2.24, 2.45) is 5.10 Å². The van der Waals surface area contributed by atoms with Crippen LogP contribution in [0.2, 0.25) is 0 Å². The third-order valence-electron chi connectivity index (χ3n) is 5.57. The van der Waals surface area contributed by atoms with E-state index in [1.54, 1.807) is 54.6 Å². The SMILES string of the molecule is COc1cc(C(=O)N/N=C/c2ccc(OCc3ccccc3F)c(OC)c2)ccc1OCc1ccccc1. The summed E-state index contributed by atoms with van der Waals surface area (Å²) in [7, 11) is 3.02. The molecule has 1 amide bonds. The standard InChI is InChI=1S/C30H27FN2O5/c1-35-28-16-22(12-14-26(28)38-20-24-10-6-7-11-25(24)31)18-32-33-30(34)23-13-15-27(29(17-23)36-2)37-19-21-8-4-3-5-9-21/h3-18H,19-20H2,1-2H3,(H,33,34)/b32-18+. The van der Waals surface area contributed by atoms with Gasteiger partial charge in [0.2, 0.25) is 0 Å². The van der Waals surface area contributed by atoms with E-state index in [0.717, 1.165) is 5.56 Å². The highest BCUT2D eigenvalue weighted by atomic mass is 19.1. The normalized spacial score (nSPS) is 10.7. The van der Waals surface area contributed by atoms with Gasteiger partial charge in [0.15, 0.2) is 23.0 Å². The quantitative estimate of drug-likeness (QED) is 0.203. The zero-order valence-corrected chi connectivity index (χ0v) is 21.0. The van der Waals surface area contributed by atoms with Crippen LogP contribution >= 0.6 is 0 Å². The Balaban J connectivity index is 1.36. The molecule has 0 aliphatic rings. The summed E-state index contributed by atoms with van der Waals surface area (Å²) in [6.45, 7) is 0.440. The van der Waals surface area contributed by atoms with Crippen LogP contribution in [-0.4, -0.2) is 26.3 Å². The van der Waals surface area contributed by atoms with E-state index in [4.69, 9.17) is 18.9 Å². The predicted molar refractivity (Wildman–Crippen MR) is 143 cm³/mol. The van der Waals surface area contributed by atoms with E-state index in [0.29, 0.717) is 46.3 Å². The van der Waals surface area contributed by atoms with Gasteiger partial charge in [0.1, 0.15) is 19.0 Å². The Bertz CT molecular complexity index is 1410. The molecule has 38 heavy (non-hydrogen) atoms. The van der Waals surface area contributed by atoms with Crippen LogP contribution in [0.3, 0.4) is 0 Å². The highest BCUT2D eigenvalue weighted by Gasteiger charge is 2.12. The minimum absolute atomic E-state index is 0.0616. The van der Waals surface area contributed by atoms with Crippen molar-refractivity contribution in [2.75, 3.05) is 14.2 Å². The molecule has 194 valence electrons. The molecule has 8 heteroatoms. The first kappa shape index (κ1) is 26.2. The van der Waals surface area contributed by atoms with Crippen LogP contribution in [-0.2, 0) is 13.2 Å². The first-order valence-corrected chi connectivity index (χ1v) is 11.8. The summed E-state index contributed by atoms with van der Waals surface area (Å²) >= 11 is 0. The van der Waals surface area contributed by atoms with Crippen molar-refractivity contribution in [1.29, 1.82) is 0 Å². The van der Waals surface area contributed by atoms with Crippen LogP contribution < -0.4 is 24.4 Å². The van der Waals surface area contributed by atoms with Crippen LogP contribution in [0, 0.1) is 5.82 Å². The average Bonchev–Trinajstić information content (AvgIpc) is 2.96. The second-order valence-electron chi connectivity index (χ2n) is 8.13. The van der Waals surface area contributed by atoms with E-state index < -0.39 is 5.91 Å². The summed E-state index contributed by atoms with van der Waals surface area (Å²) in [5.41, 5.74) is 4.99. The number of methoxy groups -OCH3 is 2. The van der Waals surface area contributed by atoms with Gasteiger partial charge in [-0.15, -0.1) is 0 Å². The zero-order valence-electron chi connectivity index (χ0n) is 21.0. The lowest BCUT2D eigenvalue weighted by atomic mass is 10.2. The average molecular weight is 515 g/mol. The number of carbonyl (C=O) groups excluding carboxylic acids is 1. The number of benzene rings is 4. The molecule has 0 heterocycles. The Morgan fingerprint density at radius 3 is 2.18 bits per heavy atom. The Hall–Kier alpha value is -4.85. The predicted octanol–water partition coefficient (Wildman–Crippen LogP) is 5.76. The van der Waals surface area contributed by atoms with Gasteiger partial charge < -0.3 is 18.9 Å². The third kappa shape index (κ3) is 6.88. The Labute approximate surface area is 220 Å². The van der Waals surface area contributed by atoms with E-state index >= 15 is 0 Å². The summed E-state index contributed by atoms with van der Waals surface area (Å²) in [5.74, 6) is 1.13. The number of hydrogen-bond donors (Lipinski definition) is 1. The number of rotatable bonds is 11. The Morgan fingerprint density at radius 2 is 1.45 bits per heavy atom. The maximum Gasteiger partial charge on any atom is 0.271 e. The number of amides is 1. The summed E-state index contributed by atoms with van der Waals surface area (Å²) in [4.78, 5) is 12.6. The van der Waals surface area contributed by atoms with E-state index in [9.17, 15) is 9.18 Å². The van der Waals surface area contributed by atoms with E-state index in [-0.39, 0.29) is 12.4 Å². The zero-order chi connectivity index (χ0) is 26.7. The number of carbonyl (C=O) groups is 1. The van der Waals surface area contributed by atoms with Crippen molar-refractivity contribution in [3.8, 4) is 23.0 Å². The van der Waals surface area contributed by atoms with Gasteiger partial charge in [0.25, 0.3) is 5.91 Å². The highest BCUT2D eigenvalue weighted by Crippen LogP contribution is 2.30. The largest absolute Gasteiger partial charge is 0.493 e. The number of hydrogen-bond acceptors (Lipinski definition) is 6. The number of hydrazone groups is 1. The molecule has 4 aromatic rings. The number of nitrogens with one attached hydrogen (secondary N) is 1. The second kappa shape index (κ2) is 12.9. The minimum Gasteiger partial charge on any atom is -0.493 e. The molecule has 0 aliphatic carbocycles. The molecule has 0 fully saturated rings. The molecule has 1 N–H and O–H groups in total. The van der Waals surface area contributed by atoms with Crippen molar-refractivity contribution < 1.29 is 28.1 Å². The highest BCUT2D eigenvalue weighted by molar-refractivity contribution is 5.95. The minimum atomic E-state index is -0.411. The second-order valence-corrected chi connectivity index (χ2v) is 8.13. The molecule has 0 saturated carbocycles. The maximum atomic E-state index is 13.9. The maximum absolute atomic E-state index is 13.9. The van der Waals surface area contributed by atoms with Gasteiger partial charge in [-0.05, 0) is 53.6 Å². The van der Waals surface area contributed by atoms with Crippen molar-refractivity contribution >= 4 is 12.1 Å². The molecule has 0 bridgehead atoms. The number of halogens is 1. The van der Waals surface area contributed by atoms with Crippen molar-refractivity contribution in [1.82, 2.24) is 5.43 Å². The van der Waals surface area contributed by atoms with Gasteiger partial charge in [-0.1, -0.05) is 48.5 Å². The molecule has 0 spiro atoms. The molecule has 4 rings (SSSR count). The summed E-state index contributed by atoms with van der Waals surface area (Å²) in [5, 5.41) is 4.04. The monoisotopic (exact) mass is 514 g/mol. The summed E-state index contributed by atoms with van der Waals surface area (Å²) in [6.07, 6.45) is 1.48. The topological polar surface area (TPSA) is 78.4 Å². The number of nitrogens with zero attached hydrogens (tertiary/aromatic N) is 1. The molecular formula is C30H27FN2O5. The molecule has 0 radical (unpaired) electrons. The molecular weight excluding hydrogens is 487 g/mol. The lowest BCUT2D eigenvalue weighted by Crippen LogP contribution is -2.17. The summed E-state index contributed by atoms with van der Waals surface area (Å²) in [6, 6.07) is 26.2. The van der Waals surface area contributed by atoms with E-state index in [1.165, 1.54) is 26.5 Å². The van der Waals surface area contributed by atoms with Crippen LogP contribution in [0.5, 0.6) is 23.0 Å². The van der Waals surface area contributed by atoms with Crippen LogP contribution in [0.15, 0.2) is 96.1 Å². The molecule has 0 atom stereocenters. The first-order chi connectivity index (χ1) is 18.6. The van der Waals surface area contributed by atoms with Crippen molar-refractivity contribution in [3.63, 3.8) is 0 Å². The molecule has 0 aromatic heterocycles. The first-order valence-electron chi connectivity index (χ1n) is 11.8. The molecule has 0 aliphatic heterocycles. The molecule has 7 nitrogen and oxygen atoms in total. The fourth-order valence-electron chi connectivity index (χ4n) is 3.55. The van der Waals surface area contributed by atoms with Gasteiger partial charge in [-0.3, -0.25) is 4.79 Å². The fourth-order valence-corrected chi connectivity index (χ4v) is 3.55. The van der Waals surface area contributed by atoms with Crippen LogP contribution in [0.1, 0.15) is 27.0 Å².